The Morgan fingerprint density at radius 1 is 1.19 bits per heavy atom. The Morgan fingerprint density at radius 3 is 2.57 bits per heavy atom. The summed E-state index contributed by atoms with van der Waals surface area (Å²) in [7, 11) is -3.74. The first kappa shape index (κ1) is 15.4. The molecular weight excluding hydrogens is 359 g/mol. The third kappa shape index (κ3) is 3.02. The molecule has 2 fully saturated rings. The van der Waals surface area contributed by atoms with E-state index in [9.17, 15) is 12.8 Å². The lowest BCUT2D eigenvalue weighted by Crippen LogP contribution is -2.37. The van der Waals surface area contributed by atoms with E-state index in [1.165, 1.54) is 29.3 Å². The first-order valence-electron chi connectivity index (χ1n) is 7.18. The smallest absolute Gasteiger partial charge is 0.246 e. The molecular formula is C14H18BrFN2O2S. The van der Waals surface area contributed by atoms with Gasteiger partial charge in [-0.15, -0.1) is 0 Å². The van der Waals surface area contributed by atoms with Gasteiger partial charge in [0.05, 0.1) is 0 Å². The van der Waals surface area contributed by atoms with E-state index in [2.05, 4.69) is 20.8 Å². The summed E-state index contributed by atoms with van der Waals surface area (Å²) in [6.07, 6.45) is 3.20. The van der Waals surface area contributed by atoms with Crippen LogP contribution in [0.5, 0.6) is 0 Å². The van der Waals surface area contributed by atoms with Crippen LogP contribution < -0.4 is 0 Å². The molecule has 0 amide bonds. The molecule has 1 aromatic rings. The van der Waals surface area contributed by atoms with Crippen LogP contribution in [0.2, 0.25) is 0 Å². The van der Waals surface area contributed by atoms with Crippen LogP contribution in [0.15, 0.2) is 27.6 Å². The van der Waals surface area contributed by atoms with Crippen molar-refractivity contribution in [1.82, 2.24) is 9.21 Å². The molecule has 0 aromatic heterocycles. The first-order chi connectivity index (χ1) is 9.98. The Bertz CT molecular complexity index is 632. The molecule has 0 radical (unpaired) electrons. The van der Waals surface area contributed by atoms with E-state index in [0.29, 0.717) is 17.6 Å². The maximum absolute atomic E-state index is 14.0. The lowest BCUT2D eigenvalue weighted by Gasteiger charge is -2.23. The summed E-state index contributed by atoms with van der Waals surface area (Å²) in [5.41, 5.74) is 0. The molecule has 3 rings (SSSR count). The minimum absolute atomic E-state index is 0.229. The van der Waals surface area contributed by atoms with Gasteiger partial charge in [-0.1, -0.05) is 15.9 Å². The second-order valence-electron chi connectivity index (χ2n) is 5.62. The molecule has 2 saturated heterocycles. The molecule has 1 unspecified atom stereocenters. The molecule has 1 atom stereocenters. The lowest BCUT2D eigenvalue weighted by molar-refractivity contribution is 0.251. The Hall–Kier alpha value is -0.500. The zero-order valence-corrected chi connectivity index (χ0v) is 14.0. The summed E-state index contributed by atoms with van der Waals surface area (Å²) >= 11 is 3.15. The van der Waals surface area contributed by atoms with Gasteiger partial charge in [-0.3, -0.25) is 4.90 Å². The van der Waals surface area contributed by atoms with Crippen molar-refractivity contribution in [3.63, 3.8) is 0 Å². The number of halogens is 2. The minimum Gasteiger partial charge on any atom is -0.299 e. The third-order valence-electron chi connectivity index (χ3n) is 4.29. The molecule has 0 spiro atoms. The van der Waals surface area contributed by atoms with Crippen molar-refractivity contribution in [2.45, 2.75) is 30.2 Å². The van der Waals surface area contributed by atoms with Crippen molar-refractivity contribution in [2.75, 3.05) is 26.2 Å². The van der Waals surface area contributed by atoms with Crippen LogP contribution in [-0.2, 0) is 10.0 Å². The Kier molecular flexibility index (Phi) is 4.36. The Balaban J connectivity index is 1.79. The van der Waals surface area contributed by atoms with Crippen molar-refractivity contribution in [3.05, 3.63) is 28.5 Å². The Labute approximate surface area is 133 Å². The predicted molar refractivity (Wildman–Crippen MR) is 82.1 cm³/mol. The normalized spacial score (nSPS) is 24.8. The van der Waals surface area contributed by atoms with Gasteiger partial charge in [-0.2, -0.15) is 4.31 Å². The van der Waals surface area contributed by atoms with Crippen molar-refractivity contribution in [3.8, 4) is 0 Å². The monoisotopic (exact) mass is 376 g/mol. The van der Waals surface area contributed by atoms with Crippen LogP contribution >= 0.6 is 15.9 Å². The van der Waals surface area contributed by atoms with Crippen LogP contribution in [0, 0.1) is 5.82 Å². The lowest BCUT2D eigenvalue weighted by atomic mass is 10.2. The quantitative estimate of drug-likeness (QED) is 0.813. The molecule has 0 aliphatic carbocycles. The zero-order chi connectivity index (χ0) is 15.0. The predicted octanol–water partition coefficient (Wildman–Crippen LogP) is 2.45. The average Bonchev–Trinajstić information content (AvgIpc) is 3.09. The first-order valence-corrected chi connectivity index (χ1v) is 9.41. The number of sulfonamides is 1. The highest BCUT2D eigenvalue weighted by molar-refractivity contribution is 9.10. The number of benzene rings is 1. The maximum Gasteiger partial charge on any atom is 0.246 e. The minimum atomic E-state index is -3.74. The van der Waals surface area contributed by atoms with Crippen LogP contribution in [0.1, 0.15) is 19.3 Å². The van der Waals surface area contributed by atoms with E-state index in [1.54, 1.807) is 6.07 Å². The van der Waals surface area contributed by atoms with Crippen LogP contribution in [0.3, 0.4) is 0 Å². The summed E-state index contributed by atoms with van der Waals surface area (Å²) in [6, 6.07) is 4.36. The number of likely N-dealkylation sites (tertiary alicyclic amines) is 1. The highest BCUT2D eigenvalue weighted by Gasteiger charge is 2.36. The van der Waals surface area contributed by atoms with Crippen molar-refractivity contribution < 1.29 is 12.8 Å². The molecule has 2 aliphatic rings. The van der Waals surface area contributed by atoms with E-state index in [4.69, 9.17) is 0 Å². The maximum atomic E-state index is 14.0. The molecule has 4 nitrogen and oxygen atoms in total. The molecule has 7 heteroatoms. The molecule has 0 N–H and O–H groups in total. The van der Waals surface area contributed by atoms with Gasteiger partial charge in [0, 0.05) is 23.6 Å². The highest BCUT2D eigenvalue weighted by Crippen LogP contribution is 2.28. The fourth-order valence-electron chi connectivity index (χ4n) is 3.16. The molecule has 2 heterocycles. The van der Waals surface area contributed by atoms with Crippen molar-refractivity contribution >= 4 is 26.0 Å². The van der Waals surface area contributed by atoms with Gasteiger partial charge >= 0.3 is 0 Å². The van der Waals surface area contributed by atoms with Gasteiger partial charge < -0.3 is 0 Å². The number of hydrogen-bond acceptors (Lipinski definition) is 3. The second kappa shape index (κ2) is 5.95. The second-order valence-corrected chi connectivity index (χ2v) is 8.45. The number of rotatable bonds is 3. The molecule has 21 heavy (non-hydrogen) atoms. The average molecular weight is 377 g/mol. The third-order valence-corrected chi connectivity index (χ3v) is 6.69. The summed E-state index contributed by atoms with van der Waals surface area (Å²) in [5.74, 6) is -0.700. The topological polar surface area (TPSA) is 40.6 Å². The van der Waals surface area contributed by atoms with E-state index >= 15 is 0 Å². The van der Waals surface area contributed by atoms with Gasteiger partial charge in [0.25, 0.3) is 0 Å². The molecule has 1 aromatic carbocycles. The van der Waals surface area contributed by atoms with Gasteiger partial charge in [0.2, 0.25) is 10.0 Å². The van der Waals surface area contributed by atoms with Crippen LogP contribution in [0.4, 0.5) is 4.39 Å². The van der Waals surface area contributed by atoms with Gasteiger partial charge in [0.15, 0.2) is 0 Å². The number of nitrogens with zero attached hydrogens (tertiary/aromatic N) is 2. The largest absolute Gasteiger partial charge is 0.299 e. The van der Waals surface area contributed by atoms with Crippen molar-refractivity contribution in [2.24, 2.45) is 0 Å². The van der Waals surface area contributed by atoms with E-state index in [0.717, 1.165) is 19.5 Å². The van der Waals surface area contributed by atoms with Gasteiger partial charge in [0.1, 0.15) is 10.7 Å². The summed E-state index contributed by atoms with van der Waals surface area (Å²) in [6.45, 7) is 3.03. The molecule has 0 bridgehead atoms. The van der Waals surface area contributed by atoms with Crippen LogP contribution in [0.25, 0.3) is 0 Å². The van der Waals surface area contributed by atoms with Gasteiger partial charge in [-0.05, 0) is 50.6 Å². The van der Waals surface area contributed by atoms with Crippen molar-refractivity contribution in [1.29, 1.82) is 0 Å². The molecule has 116 valence electrons. The zero-order valence-electron chi connectivity index (χ0n) is 11.6. The molecule has 2 aliphatic heterocycles. The molecule has 0 saturated carbocycles. The fourth-order valence-corrected chi connectivity index (χ4v) is 5.03. The SMILES string of the molecule is O=S(=O)(c1ccc(Br)cc1F)N1CCC(N2CCCC2)C1. The van der Waals surface area contributed by atoms with Gasteiger partial charge in [-0.25, -0.2) is 12.8 Å². The number of hydrogen-bond donors (Lipinski definition) is 0. The van der Waals surface area contributed by atoms with Crippen LogP contribution in [-0.4, -0.2) is 49.8 Å². The highest BCUT2D eigenvalue weighted by atomic mass is 79.9. The summed E-state index contributed by atoms with van der Waals surface area (Å²) in [4.78, 5) is 2.13. The summed E-state index contributed by atoms with van der Waals surface area (Å²) in [5, 5.41) is 0. The fraction of sp³-hybridized carbons (Fsp3) is 0.571. The standard InChI is InChI=1S/C14H18BrFN2O2S/c15-11-3-4-14(13(16)9-11)21(19,20)18-8-5-12(10-18)17-6-1-2-7-17/h3-4,9,12H,1-2,5-8,10H2. The van der Waals surface area contributed by atoms with E-state index in [-0.39, 0.29) is 10.9 Å². The van der Waals surface area contributed by atoms with E-state index in [1.807, 2.05) is 0 Å². The van der Waals surface area contributed by atoms with E-state index < -0.39 is 15.8 Å². The Morgan fingerprint density at radius 2 is 1.90 bits per heavy atom. The summed E-state index contributed by atoms with van der Waals surface area (Å²) < 4.78 is 41.1.